The van der Waals surface area contributed by atoms with Gasteiger partial charge in [0.25, 0.3) is 0 Å². The third kappa shape index (κ3) is 4.55. The fourth-order valence-electron chi connectivity index (χ4n) is 1.96. The normalized spacial score (nSPS) is 10.6. The number of rotatable bonds is 3. The number of allylic oxidation sites excluding steroid dienone is 2. The largest absolute Gasteiger partial charge is 0.0871 e. The van der Waals surface area contributed by atoms with E-state index in [0.29, 0.717) is 0 Å². The van der Waals surface area contributed by atoms with Crippen molar-refractivity contribution in [3.8, 4) is 11.1 Å². The molecule has 2 aromatic carbocycles. The lowest BCUT2D eigenvalue weighted by molar-refractivity contribution is 1.50. The van der Waals surface area contributed by atoms with E-state index in [9.17, 15) is 0 Å². The van der Waals surface area contributed by atoms with E-state index >= 15 is 0 Å². The van der Waals surface area contributed by atoms with Crippen molar-refractivity contribution < 1.29 is 0 Å². The van der Waals surface area contributed by atoms with Gasteiger partial charge in [0.15, 0.2) is 0 Å². The van der Waals surface area contributed by atoms with Crippen LogP contribution in [0, 0.1) is 0 Å². The van der Waals surface area contributed by atoms with Crippen molar-refractivity contribution in [3.63, 3.8) is 0 Å². The molecule has 0 bridgehead atoms. The Morgan fingerprint density at radius 3 is 1.10 bits per heavy atom. The first-order valence-electron chi connectivity index (χ1n) is 7.29. The van der Waals surface area contributed by atoms with Crippen LogP contribution in [0.1, 0.15) is 38.8 Å². The Balaban J connectivity index is 0.000000956. The van der Waals surface area contributed by atoms with Gasteiger partial charge in [-0.1, -0.05) is 86.7 Å². The van der Waals surface area contributed by atoms with Gasteiger partial charge in [0.1, 0.15) is 0 Å². The lowest BCUT2D eigenvalue weighted by atomic mass is 10.0. The molecule has 0 heteroatoms. The first kappa shape index (κ1) is 16.0. The molecule has 0 aliphatic carbocycles. The molecule has 0 saturated heterocycles. The minimum Gasteiger partial charge on any atom is -0.0871 e. The van der Waals surface area contributed by atoms with E-state index < -0.39 is 0 Å². The lowest BCUT2D eigenvalue weighted by Gasteiger charge is -2.03. The molecule has 0 spiro atoms. The van der Waals surface area contributed by atoms with Gasteiger partial charge >= 0.3 is 0 Å². The number of hydrogen-bond acceptors (Lipinski definition) is 0. The van der Waals surface area contributed by atoms with E-state index in [4.69, 9.17) is 0 Å². The van der Waals surface area contributed by atoms with Crippen LogP contribution in [0.15, 0.2) is 60.7 Å². The van der Waals surface area contributed by atoms with E-state index in [1.165, 1.54) is 22.3 Å². The molecule has 0 heterocycles. The van der Waals surface area contributed by atoms with Crippen LogP contribution in [0.3, 0.4) is 0 Å². The average Bonchev–Trinajstić information content (AvgIpc) is 2.52. The Bertz CT molecular complexity index is 486. The van der Waals surface area contributed by atoms with Crippen LogP contribution < -0.4 is 0 Å². The highest BCUT2D eigenvalue weighted by molar-refractivity contribution is 5.67. The summed E-state index contributed by atoms with van der Waals surface area (Å²) in [6.07, 6.45) is 8.33. The zero-order chi connectivity index (χ0) is 14.8. The molecule has 0 N–H and O–H groups in total. The zero-order valence-corrected chi connectivity index (χ0v) is 12.9. The maximum atomic E-state index is 2.17. The summed E-state index contributed by atoms with van der Waals surface area (Å²) < 4.78 is 0. The van der Waals surface area contributed by atoms with Gasteiger partial charge in [-0.2, -0.15) is 0 Å². The number of hydrogen-bond donors (Lipinski definition) is 0. The molecular formula is C20H24. The van der Waals surface area contributed by atoms with Crippen LogP contribution in [0.25, 0.3) is 23.3 Å². The minimum atomic E-state index is 1.24. The zero-order valence-electron chi connectivity index (χ0n) is 12.9. The highest BCUT2D eigenvalue weighted by Crippen LogP contribution is 2.21. The Kier molecular flexibility index (Phi) is 7.13. The van der Waals surface area contributed by atoms with Crippen molar-refractivity contribution in [1.82, 2.24) is 0 Å². The molecule has 0 atom stereocenters. The van der Waals surface area contributed by atoms with Crippen LogP contribution in [-0.2, 0) is 0 Å². The Morgan fingerprint density at radius 1 is 0.550 bits per heavy atom. The summed E-state index contributed by atoms with van der Waals surface area (Å²) >= 11 is 0. The second-order valence-corrected chi connectivity index (χ2v) is 4.24. The molecule has 2 rings (SSSR count). The molecule has 0 aliphatic rings. The summed E-state index contributed by atoms with van der Waals surface area (Å²) in [6.45, 7) is 8.07. The van der Waals surface area contributed by atoms with Crippen LogP contribution in [0.2, 0.25) is 0 Å². The summed E-state index contributed by atoms with van der Waals surface area (Å²) in [5.41, 5.74) is 5.00. The van der Waals surface area contributed by atoms with Crippen LogP contribution in [0.4, 0.5) is 0 Å². The Morgan fingerprint density at radius 2 is 0.850 bits per heavy atom. The molecule has 0 radical (unpaired) electrons. The van der Waals surface area contributed by atoms with Crippen LogP contribution in [0.5, 0.6) is 0 Å². The van der Waals surface area contributed by atoms with Crippen LogP contribution >= 0.6 is 0 Å². The van der Waals surface area contributed by atoms with Crippen LogP contribution in [-0.4, -0.2) is 0 Å². The molecule has 0 aliphatic heterocycles. The molecule has 0 unspecified atom stereocenters. The smallest absolute Gasteiger partial charge is 0.0184 e. The molecule has 0 nitrogen and oxygen atoms in total. The maximum absolute atomic E-state index is 2.17. The summed E-state index contributed by atoms with van der Waals surface area (Å²) in [4.78, 5) is 0. The van der Waals surface area contributed by atoms with Gasteiger partial charge in [-0.3, -0.25) is 0 Å². The van der Waals surface area contributed by atoms with E-state index in [0.717, 1.165) is 0 Å². The van der Waals surface area contributed by atoms with E-state index in [-0.39, 0.29) is 0 Å². The van der Waals surface area contributed by atoms with Crippen molar-refractivity contribution in [3.05, 3.63) is 71.8 Å². The first-order valence-corrected chi connectivity index (χ1v) is 7.29. The van der Waals surface area contributed by atoms with Gasteiger partial charge in [0.2, 0.25) is 0 Å². The van der Waals surface area contributed by atoms with Crippen molar-refractivity contribution in [2.75, 3.05) is 0 Å². The SMILES string of the molecule is C/C=C/c1ccc(-c2ccc(/C=C/C)cc2)cc1.CC. The highest BCUT2D eigenvalue weighted by atomic mass is 14.0. The molecule has 0 aromatic heterocycles. The van der Waals surface area contributed by atoms with Gasteiger partial charge < -0.3 is 0 Å². The summed E-state index contributed by atoms with van der Waals surface area (Å²) in [7, 11) is 0. The van der Waals surface area contributed by atoms with Crippen molar-refractivity contribution in [2.45, 2.75) is 27.7 Å². The van der Waals surface area contributed by atoms with Crippen molar-refractivity contribution >= 4 is 12.2 Å². The molecule has 0 fully saturated rings. The third-order valence-electron chi connectivity index (χ3n) is 2.87. The molecule has 2 aromatic rings. The summed E-state index contributed by atoms with van der Waals surface area (Å²) in [6, 6.07) is 17.3. The number of benzene rings is 2. The van der Waals surface area contributed by atoms with E-state index in [1.54, 1.807) is 0 Å². The van der Waals surface area contributed by atoms with Gasteiger partial charge in [0.05, 0.1) is 0 Å². The third-order valence-corrected chi connectivity index (χ3v) is 2.87. The van der Waals surface area contributed by atoms with Gasteiger partial charge in [-0.15, -0.1) is 0 Å². The molecule has 20 heavy (non-hydrogen) atoms. The average molecular weight is 264 g/mol. The van der Waals surface area contributed by atoms with Gasteiger partial charge in [0, 0.05) is 0 Å². The standard InChI is InChI=1S/C18H18.C2H6/c1-3-5-15-7-11-17(12-8-15)18-13-9-16(6-4-2)10-14-18;1-2/h3-14H,1-2H3;1-2H3/b5-3+,6-4+;. The molecule has 104 valence electrons. The molecule has 0 amide bonds. The topological polar surface area (TPSA) is 0 Å². The van der Waals surface area contributed by atoms with Gasteiger partial charge in [-0.25, -0.2) is 0 Å². The van der Waals surface area contributed by atoms with Crippen molar-refractivity contribution in [1.29, 1.82) is 0 Å². The highest BCUT2D eigenvalue weighted by Gasteiger charge is 1.96. The second kappa shape index (κ2) is 8.92. The van der Waals surface area contributed by atoms with E-state index in [1.807, 2.05) is 27.7 Å². The monoisotopic (exact) mass is 264 g/mol. The predicted octanol–water partition coefficient (Wildman–Crippen LogP) is 6.45. The Hall–Kier alpha value is -2.08. The quantitative estimate of drug-likeness (QED) is 0.598. The fraction of sp³-hybridized carbons (Fsp3) is 0.200. The predicted molar refractivity (Wildman–Crippen MR) is 92.6 cm³/mol. The Labute approximate surface area is 123 Å². The first-order chi connectivity index (χ1) is 9.83. The van der Waals surface area contributed by atoms with Gasteiger partial charge in [-0.05, 0) is 36.1 Å². The summed E-state index contributed by atoms with van der Waals surface area (Å²) in [5, 5.41) is 0. The summed E-state index contributed by atoms with van der Waals surface area (Å²) in [5.74, 6) is 0. The molecule has 0 saturated carbocycles. The molecular weight excluding hydrogens is 240 g/mol. The second-order valence-electron chi connectivity index (χ2n) is 4.24. The lowest BCUT2D eigenvalue weighted by Crippen LogP contribution is -1.79. The van der Waals surface area contributed by atoms with Crippen molar-refractivity contribution in [2.24, 2.45) is 0 Å². The minimum absolute atomic E-state index is 1.24. The maximum Gasteiger partial charge on any atom is -0.0184 e. The fourth-order valence-corrected chi connectivity index (χ4v) is 1.96. The van der Waals surface area contributed by atoms with E-state index in [2.05, 4.69) is 72.8 Å².